The molecule has 1 aliphatic rings. The van der Waals surface area contributed by atoms with E-state index < -0.39 is 14.9 Å². The van der Waals surface area contributed by atoms with E-state index in [4.69, 9.17) is 0 Å². The molecule has 0 unspecified atom stereocenters. The molecule has 136 valence electrons. The van der Waals surface area contributed by atoms with Crippen LogP contribution in [-0.2, 0) is 14.8 Å². The minimum absolute atomic E-state index is 0.0558. The van der Waals surface area contributed by atoms with Gasteiger partial charge in [0.1, 0.15) is 0 Å². The highest BCUT2D eigenvalue weighted by Crippen LogP contribution is 2.19. The zero-order valence-electron chi connectivity index (χ0n) is 13.9. The summed E-state index contributed by atoms with van der Waals surface area (Å²) in [4.78, 5) is 22.3. The standard InChI is InChI=1S/C16H21N3O5S/c1-25(23,24)18-10-8-13(9-11-18)12-17-16(20)7-6-14-4-2-3-5-15(14)19(21)22/h2-7,13H,8-12H2,1H3,(H,17,20)/b7-6+. The fraction of sp³-hybridized carbons (Fsp3) is 0.438. The Hall–Kier alpha value is -2.26. The third-order valence-electron chi connectivity index (χ3n) is 4.16. The lowest BCUT2D eigenvalue weighted by atomic mass is 9.98. The van der Waals surface area contributed by atoms with Gasteiger partial charge in [-0.3, -0.25) is 14.9 Å². The van der Waals surface area contributed by atoms with Crippen LogP contribution >= 0.6 is 0 Å². The summed E-state index contributed by atoms with van der Waals surface area (Å²) in [5, 5.41) is 13.7. The molecular formula is C16H21N3O5S. The maximum Gasteiger partial charge on any atom is 0.276 e. The second-order valence-corrected chi connectivity index (χ2v) is 7.98. The number of sulfonamides is 1. The zero-order chi connectivity index (χ0) is 18.4. The molecule has 25 heavy (non-hydrogen) atoms. The number of rotatable bonds is 6. The lowest BCUT2D eigenvalue weighted by Crippen LogP contribution is -2.40. The SMILES string of the molecule is CS(=O)(=O)N1CCC(CNC(=O)/C=C/c2ccccc2[N+](=O)[O-])CC1. The van der Waals surface area contributed by atoms with Crippen molar-refractivity contribution in [1.29, 1.82) is 0 Å². The summed E-state index contributed by atoms with van der Waals surface area (Å²) in [6, 6.07) is 6.19. The molecule has 0 aliphatic carbocycles. The molecule has 1 fully saturated rings. The summed E-state index contributed by atoms with van der Waals surface area (Å²) < 4.78 is 24.4. The minimum Gasteiger partial charge on any atom is -0.352 e. The molecule has 8 nitrogen and oxygen atoms in total. The van der Waals surface area contributed by atoms with Gasteiger partial charge in [0, 0.05) is 31.8 Å². The van der Waals surface area contributed by atoms with Crippen molar-refractivity contribution in [3.63, 3.8) is 0 Å². The number of carbonyl (C=O) groups is 1. The molecule has 0 saturated carbocycles. The quantitative estimate of drug-likeness (QED) is 0.464. The number of nitro benzene ring substituents is 1. The topological polar surface area (TPSA) is 110 Å². The van der Waals surface area contributed by atoms with Crippen LogP contribution in [0.1, 0.15) is 18.4 Å². The van der Waals surface area contributed by atoms with Gasteiger partial charge >= 0.3 is 0 Å². The van der Waals surface area contributed by atoms with E-state index in [2.05, 4.69) is 5.32 Å². The van der Waals surface area contributed by atoms with Crippen LogP contribution in [0, 0.1) is 16.0 Å². The highest BCUT2D eigenvalue weighted by atomic mass is 32.2. The predicted octanol–water partition coefficient (Wildman–Crippen LogP) is 1.40. The Bertz CT molecular complexity index is 768. The lowest BCUT2D eigenvalue weighted by Gasteiger charge is -2.30. The number of para-hydroxylation sites is 1. The summed E-state index contributed by atoms with van der Waals surface area (Å²) in [6.07, 6.45) is 5.28. The summed E-state index contributed by atoms with van der Waals surface area (Å²) in [5.74, 6) is -0.106. The minimum atomic E-state index is -3.15. The van der Waals surface area contributed by atoms with E-state index in [-0.39, 0.29) is 17.5 Å². The molecule has 9 heteroatoms. The average Bonchev–Trinajstić information content (AvgIpc) is 2.58. The van der Waals surface area contributed by atoms with Crippen LogP contribution in [0.15, 0.2) is 30.3 Å². The number of nitro groups is 1. The Labute approximate surface area is 146 Å². The van der Waals surface area contributed by atoms with E-state index in [1.54, 1.807) is 18.2 Å². The van der Waals surface area contributed by atoms with Crippen LogP contribution in [0.25, 0.3) is 6.08 Å². The first-order valence-electron chi connectivity index (χ1n) is 7.92. The molecule has 1 saturated heterocycles. The first-order valence-corrected chi connectivity index (χ1v) is 9.76. The molecule has 0 radical (unpaired) electrons. The maximum atomic E-state index is 11.9. The molecule has 0 spiro atoms. The van der Waals surface area contributed by atoms with Crippen LogP contribution in [0.3, 0.4) is 0 Å². The van der Waals surface area contributed by atoms with E-state index >= 15 is 0 Å². The second kappa shape index (κ2) is 8.21. The van der Waals surface area contributed by atoms with E-state index in [0.717, 1.165) is 0 Å². The molecule has 1 amide bonds. The van der Waals surface area contributed by atoms with Crippen LogP contribution in [0.5, 0.6) is 0 Å². The molecule has 1 aromatic rings. The average molecular weight is 367 g/mol. The van der Waals surface area contributed by atoms with Crippen LogP contribution in [0.2, 0.25) is 0 Å². The third-order valence-corrected chi connectivity index (χ3v) is 5.46. The van der Waals surface area contributed by atoms with Crippen LogP contribution in [0.4, 0.5) is 5.69 Å². The summed E-state index contributed by atoms with van der Waals surface area (Å²) in [7, 11) is -3.15. The van der Waals surface area contributed by atoms with Gasteiger partial charge in [0.2, 0.25) is 15.9 Å². The summed E-state index contributed by atoms with van der Waals surface area (Å²) in [6.45, 7) is 1.38. The van der Waals surface area contributed by atoms with Crippen molar-refractivity contribution in [2.75, 3.05) is 25.9 Å². The van der Waals surface area contributed by atoms with Gasteiger partial charge in [-0.05, 0) is 30.9 Å². The van der Waals surface area contributed by atoms with E-state index in [1.807, 2.05) is 0 Å². The summed E-state index contributed by atoms with van der Waals surface area (Å²) in [5.41, 5.74) is 0.309. The number of nitrogens with one attached hydrogen (secondary N) is 1. The molecular weight excluding hydrogens is 346 g/mol. The van der Waals surface area contributed by atoms with Gasteiger partial charge in [0.05, 0.1) is 16.7 Å². The fourth-order valence-corrected chi connectivity index (χ4v) is 3.58. The van der Waals surface area contributed by atoms with Crippen molar-refractivity contribution >= 4 is 27.7 Å². The largest absolute Gasteiger partial charge is 0.352 e. The van der Waals surface area contributed by atoms with Crippen molar-refractivity contribution < 1.29 is 18.1 Å². The van der Waals surface area contributed by atoms with Gasteiger partial charge in [-0.25, -0.2) is 12.7 Å². The molecule has 1 aliphatic heterocycles. The molecule has 1 aromatic carbocycles. The third kappa shape index (κ3) is 5.64. The molecule has 0 bridgehead atoms. The smallest absolute Gasteiger partial charge is 0.276 e. The molecule has 0 aromatic heterocycles. The Morgan fingerprint density at radius 2 is 2.00 bits per heavy atom. The van der Waals surface area contributed by atoms with Crippen molar-refractivity contribution in [2.24, 2.45) is 5.92 Å². The van der Waals surface area contributed by atoms with Crippen molar-refractivity contribution in [2.45, 2.75) is 12.8 Å². The van der Waals surface area contributed by atoms with Crippen molar-refractivity contribution in [3.05, 3.63) is 46.0 Å². The van der Waals surface area contributed by atoms with Gasteiger partial charge in [-0.2, -0.15) is 0 Å². The highest BCUT2D eigenvalue weighted by molar-refractivity contribution is 7.88. The van der Waals surface area contributed by atoms with Gasteiger partial charge in [-0.15, -0.1) is 0 Å². The van der Waals surface area contributed by atoms with Crippen LogP contribution < -0.4 is 5.32 Å². The number of nitrogens with zero attached hydrogens (tertiary/aromatic N) is 2. The number of piperidine rings is 1. The van der Waals surface area contributed by atoms with Crippen molar-refractivity contribution in [3.8, 4) is 0 Å². The summed E-state index contributed by atoms with van der Waals surface area (Å²) >= 11 is 0. The number of amides is 1. The monoisotopic (exact) mass is 367 g/mol. The maximum absolute atomic E-state index is 11.9. The molecule has 2 rings (SSSR count). The first kappa shape index (κ1) is 19.1. The van der Waals surface area contributed by atoms with Gasteiger partial charge in [0.25, 0.3) is 5.69 Å². The number of hydrogen-bond acceptors (Lipinski definition) is 5. The molecule has 0 atom stereocenters. The Morgan fingerprint density at radius 3 is 2.60 bits per heavy atom. The lowest BCUT2D eigenvalue weighted by molar-refractivity contribution is -0.385. The number of carbonyl (C=O) groups excluding carboxylic acids is 1. The van der Waals surface area contributed by atoms with Gasteiger partial charge in [0.15, 0.2) is 0 Å². The first-order chi connectivity index (χ1) is 11.8. The predicted molar refractivity (Wildman–Crippen MR) is 94.3 cm³/mol. The Balaban J connectivity index is 1.83. The second-order valence-electron chi connectivity index (χ2n) is 6.00. The molecule has 1 heterocycles. The van der Waals surface area contributed by atoms with Gasteiger partial charge < -0.3 is 5.32 Å². The van der Waals surface area contributed by atoms with E-state index in [9.17, 15) is 23.3 Å². The number of benzene rings is 1. The Morgan fingerprint density at radius 1 is 1.36 bits per heavy atom. The fourth-order valence-electron chi connectivity index (χ4n) is 2.71. The number of hydrogen-bond donors (Lipinski definition) is 1. The Kier molecular flexibility index (Phi) is 6.27. The highest BCUT2D eigenvalue weighted by Gasteiger charge is 2.24. The van der Waals surface area contributed by atoms with E-state index in [1.165, 1.54) is 28.8 Å². The zero-order valence-corrected chi connectivity index (χ0v) is 14.7. The van der Waals surface area contributed by atoms with Crippen molar-refractivity contribution in [1.82, 2.24) is 9.62 Å². The van der Waals surface area contributed by atoms with Gasteiger partial charge in [-0.1, -0.05) is 12.1 Å². The normalized spacial score (nSPS) is 16.8. The van der Waals surface area contributed by atoms with E-state index in [0.29, 0.717) is 38.0 Å². The molecule has 1 N–H and O–H groups in total. The van der Waals surface area contributed by atoms with Crippen LogP contribution in [-0.4, -0.2) is 49.4 Å².